The SMILES string of the molecule is CCC(=S)n1sc2ccccc2c1=O. The Bertz CT molecular complexity index is 538. The van der Waals surface area contributed by atoms with Crippen LogP contribution in [-0.2, 0) is 0 Å². The molecule has 0 aliphatic carbocycles. The number of rotatable bonds is 1. The predicted octanol–water partition coefficient (Wildman–Crippen LogP) is 2.65. The Hall–Kier alpha value is -1.00. The van der Waals surface area contributed by atoms with Crippen LogP contribution in [0.3, 0.4) is 0 Å². The van der Waals surface area contributed by atoms with Crippen molar-refractivity contribution in [3.8, 4) is 0 Å². The van der Waals surface area contributed by atoms with E-state index in [1.54, 1.807) is 3.96 Å². The summed E-state index contributed by atoms with van der Waals surface area (Å²) in [5, 5.41) is 0.758. The van der Waals surface area contributed by atoms with E-state index in [1.807, 2.05) is 31.2 Å². The lowest BCUT2D eigenvalue weighted by atomic mass is 10.3. The summed E-state index contributed by atoms with van der Waals surface area (Å²) in [6, 6.07) is 7.58. The molecular weight excluding hydrogens is 214 g/mol. The number of aromatic nitrogens is 1. The zero-order valence-corrected chi connectivity index (χ0v) is 9.32. The van der Waals surface area contributed by atoms with Crippen molar-refractivity contribution in [2.45, 2.75) is 13.3 Å². The average molecular weight is 223 g/mol. The second-order valence-electron chi connectivity index (χ2n) is 2.93. The lowest BCUT2D eigenvalue weighted by molar-refractivity contribution is 1.16. The number of hydrogen-bond donors (Lipinski definition) is 0. The van der Waals surface area contributed by atoms with Crippen LogP contribution in [0.5, 0.6) is 0 Å². The fraction of sp³-hybridized carbons (Fsp3) is 0.200. The van der Waals surface area contributed by atoms with Crippen LogP contribution in [0.4, 0.5) is 0 Å². The summed E-state index contributed by atoms with van der Waals surface area (Å²) in [6.45, 7) is 1.96. The van der Waals surface area contributed by atoms with Gasteiger partial charge < -0.3 is 0 Å². The molecule has 0 radical (unpaired) electrons. The lowest BCUT2D eigenvalue weighted by Gasteiger charge is -1.95. The number of thiocarbonyl (C=S) groups is 1. The molecule has 14 heavy (non-hydrogen) atoms. The molecule has 2 rings (SSSR count). The molecule has 0 amide bonds. The molecule has 0 saturated carbocycles. The van der Waals surface area contributed by atoms with E-state index in [2.05, 4.69) is 0 Å². The molecule has 0 bridgehead atoms. The van der Waals surface area contributed by atoms with Gasteiger partial charge in [0.2, 0.25) is 0 Å². The molecule has 0 unspecified atom stereocenters. The molecule has 1 aromatic carbocycles. The second kappa shape index (κ2) is 3.63. The summed E-state index contributed by atoms with van der Waals surface area (Å²) in [6.07, 6.45) is 0.724. The maximum atomic E-state index is 11.8. The average Bonchev–Trinajstić information content (AvgIpc) is 2.56. The maximum absolute atomic E-state index is 11.8. The Labute approximate surface area is 90.9 Å². The predicted molar refractivity (Wildman–Crippen MR) is 64.4 cm³/mol. The van der Waals surface area contributed by atoms with Crippen molar-refractivity contribution in [3.63, 3.8) is 0 Å². The largest absolute Gasteiger partial charge is 0.273 e. The first-order valence-electron chi connectivity index (χ1n) is 4.38. The first kappa shape index (κ1) is 9.55. The number of nitrogens with zero attached hydrogens (tertiary/aromatic N) is 1. The van der Waals surface area contributed by atoms with E-state index >= 15 is 0 Å². The van der Waals surface area contributed by atoms with E-state index in [9.17, 15) is 4.79 Å². The standard InChI is InChI=1S/C10H9NOS2/c1-2-9(13)11-10(12)7-5-3-4-6-8(7)14-11/h3-6H,2H2,1H3. The van der Waals surface area contributed by atoms with Crippen LogP contribution in [0.15, 0.2) is 29.1 Å². The van der Waals surface area contributed by atoms with Crippen molar-refractivity contribution in [1.82, 2.24) is 3.96 Å². The Morgan fingerprint density at radius 1 is 1.50 bits per heavy atom. The molecule has 1 aromatic heterocycles. The molecule has 0 fully saturated rings. The van der Waals surface area contributed by atoms with Crippen LogP contribution < -0.4 is 5.56 Å². The van der Waals surface area contributed by atoms with Gasteiger partial charge in [-0.15, -0.1) is 0 Å². The van der Waals surface area contributed by atoms with Gasteiger partial charge in [-0.1, -0.05) is 42.8 Å². The fourth-order valence-corrected chi connectivity index (χ4v) is 2.48. The number of hydrogen-bond acceptors (Lipinski definition) is 3. The van der Waals surface area contributed by atoms with Crippen molar-refractivity contribution in [3.05, 3.63) is 34.6 Å². The van der Waals surface area contributed by atoms with Gasteiger partial charge in [0.05, 0.1) is 15.1 Å². The van der Waals surface area contributed by atoms with Crippen LogP contribution in [0.1, 0.15) is 13.3 Å². The van der Waals surface area contributed by atoms with Gasteiger partial charge in [0.25, 0.3) is 5.56 Å². The minimum atomic E-state index is 0.0115. The molecule has 4 heteroatoms. The van der Waals surface area contributed by atoms with Crippen molar-refractivity contribution in [2.75, 3.05) is 0 Å². The summed E-state index contributed by atoms with van der Waals surface area (Å²) in [5.41, 5.74) is 0.0115. The third kappa shape index (κ3) is 1.40. The van der Waals surface area contributed by atoms with Crippen LogP contribution in [-0.4, -0.2) is 8.95 Å². The van der Waals surface area contributed by atoms with Crippen LogP contribution in [0.25, 0.3) is 10.1 Å². The van der Waals surface area contributed by atoms with Gasteiger partial charge in [0, 0.05) is 0 Å². The number of fused-ring (bicyclic) bond motifs is 1. The normalized spacial score (nSPS) is 10.6. The Morgan fingerprint density at radius 2 is 2.21 bits per heavy atom. The smallest absolute Gasteiger partial charge is 0.267 e. The van der Waals surface area contributed by atoms with Crippen LogP contribution in [0, 0.1) is 0 Å². The minimum Gasteiger partial charge on any atom is -0.267 e. The van der Waals surface area contributed by atoms with E-state index in [4.69, 9.17) is 12.2 Å². The molecule has 72 valence electrons. The molecule has 0 spiro atoms. The van der Waals surface area contributed by atoms with Gasteiger partial charge in [-0.3, -0.25) is 4.79 Å². The minimum absolute atomic E-state index is 0.0115. The van der Waals surface area contributed by atoms with Crippen molar-refractivity contribution in [1.29, 1.82) is 0 Å². The van der Waals surface area contributed by atoms with Gasteiger partial charge in [-0.25, -0.2) is 3.96 Å². The molecule has 0 atom stereocenters. The van der Waals surface area contributed by atoms with E-state index in [0.717, 1.165) is 16.5 Å². The highest BCUT2D eigenvalue weighted by Gasteiger charge is 2.08. The summed E-state index contributed by atoms with van der Waals surface area (Å²) in [5.74, 6) is 0. The van der Waals surface area contributed by atoms with Gasteiger partial charge in [0.1, 0.15) is 0 Å². The summed E-state index contributed by atoms with van der Waals surface area (Å²) >= 11 is 6.54. The van der Waals surface area contributed by atoms with Crippen LogP contribution in [0.2, 0.25) is 0 Å². The fourth-order valence-electron chi connectivity index (χ4n) is 1.28. The van der Waals surface area contributed by atoms with Crippen molar-refractivity contribution >= 4 is 38.8 Å². The summed E-state index contributed by atoms with van der Waals surface area (Å²) in [7, 11) is 0. The van der Waals surface area contributed by atoms with E-state index in [1.165, 1.54) is 11.5 Å². The molecule has 1 heterocycles. The highest BCUT2D eigenvalue weighted by atomic mass is 32.1. The third-order valence-electron chi connectivity index (χ3n) is 2.02. The highest BCUT2D eigenvalue weighted by Crippen LogP contribution is 2.16. The summed E-state index contributed by atoms with van der Waals surface area (Å²) in [4.78, 5) is 12.5. The first-order chi connectivity index (χ1) is 6.74. The molecule has 0 saturated heterocycles. The topological polar surface area (TPSA) is 22.0 Å². The van der Waals surface area contributed by atoms with Gasteiger partial charge in [-0.05, 0) is 18.6 Å². The van der Waals surface area contributed by atoms with Crippen LogP contribution >= 0.6 is 23.8 Å². The molecule has 0 N–H and O–H groups in total. The first-order valence-corrected chi connectivity index (χ1v) is 5.56. The van der Waals surface area contributed by atoms with Gasteiger partial charge >= 0.3 is 0 Å². The van der Waals surface area contributed by atoms with Gasteiger partial charge in [0.15, 0.2) is 0 Å². The Balaban J connectivity index is 2.75. The monoisotopic (exact) mass is 223 g/mol. The third-order valence-corrected chi connectivity index (χ3v) is 3.73. The second-order valence-corrected chi connectivity index (χ2v) is 4.39. The highest BCUT2D eigenvalue weighted by molar-refractivity contribution is 7.80. The molecular formula is C10H9NOS2. The van der Waals surface area contributed by atoms with Crippen molar-refractivity contribution < 1.29 is 0 Å². The zero-order valence-electron chi connectivity index (χ0n) is 7.69. The molecule has 0 aliphatic heterocycles. The quantitative estimate of drug-likeness (QED) is 0.693. The van der Waals surface area contributed by atoms with E-state index in [-0.39, 0.29) is 5.56 Å². The Kier molecular flexibility index (Phi) is 2.48. The zero-order chi connectivity index (χ0) is 10.1. The van der Waals surface area contributed by atoms with Gasteiger partial charge in [-0.2, -0.15) is 0 Å². The van der Waals surface area contributed by atoms with Crippen molar-refractivity contribution in [2.24, 2.45) is 0 Å². The molecule has 2 nitrogen and oxygen atoms in total. The Morgan fingerprint density at radius 3 is 2.86 bits per heavy atom. The summed E-state index contributed by atoms with van der Waals surface area (Å²) < 4.78 is 2.59. The molecule has 2 aromatic rings. The lowest BCUT2D eigenvalue weighted by Crippen LogP contribution is -2.18. The number of benzene rings is 1. The van der Waals surface area contributed by atoms with E-state index in [0.29, 0.717) is 4.99 Å². The maximum Gasteiger partial charge on any atom is 0.273 e. The molecule has 0 aliphatic rings. The van der Waals surface area contributed by atoms with E-state index < -0.39 is 0 Å².